The van der Waals surface area contributed by atoms with Crippen molar-refractivity contribution in [2.75, 3.05) is 13.2 Å². The Morgan fingerprint density at radius 3 is 2.36 bits per heavy atom. The molecule has 4 rings (SSSR count). The molecule has 3 aromatic heterocycles. The molecule has 186 valence electrons. The Kier molecular flexibility index (Phi) is 7.84. The Labute approximate surface area is 207 Å². The first-order valence-corrected chi connectivity index (χ1v) is 12.8. The predicted octanol–water partition coefficient (Wildman–Crippen LogP) is 3.17. The van der Waals surface area contributed by atoms with Gasteiger partial charge in [-0.2, -0.15) is 10.1 Å². The molecule has 0 spiro atoms. The third kappa shape index (κ3) is 5.49. The number of benzene rings is 1. The van der Waals surface area contributed by atoms with E-state index in [1.165, 1.54) is 17.1 Å². The van der Waals surface area contributed by atoms with Gasteiger partial charge in [0.05, 0.1) is 19.3 Å². The van der Waals surface area contributed by atoms with E-state index < -0.39 is 25.4 Å². The van der Waals surface area contributed by atoms with Gasteiger partial charge in [0.15, 0.2) is 5.44 Å². The number of rotatable bonds is 10. The van der Waals surface area contributed by atoms with E-state index in [1.807, 2.05) is 30.3 Å². The molecule has 1 amide bonds. The molecular weight excluding hydrogens is 483 g/mol. The van der Waals surface area contributed by atoms with Gasteiger partial charge in [0.2, 0.25) is 5.88 Å². The maximum Gasteiger partial charge on any atom is 0.379 e. The summed E-state index contributed by atoms with van der Waals surface area (Å²) in [5, 5.41) is 17.3. The quantitative estimate of drug-likeness (QED) is 0.309. The van der Waals surface area contributed by atoms with Crippen molar-refractivity contribution in [3.8, 4) is 11.8 Å². The summed E-state index contributed by atoms with van der Waals surface area (Å²) in [6.45, 7) is 3.85. The summed E-state index contributed by atoms with van der Waals surface area (Å²) >= 11 is 0. The molecule has 12 heteroatoms. The van der Waals surface area contributed by atoms with Crippen molar-refractivity contribution >= 4 is 18.9 Å². The van der Waals surface area contributed by atoms with E-state index in [9.17, 15) is 14.5 Å². The highest BCUT2D eigenvalue weighted by atomic mass is 31.2. The average Bonchev–Trinajstić information content (AvgIpc) is 3.43. The molecule has 4 aromatic rings. The van der Waals surface area contributed by atoms with E-state index >= 15 is 0 Å². The van der Waals surface area contributed by atoms with Crippen molar-refractivity contribution in [3.63, 3.8) is 0 Å². The topological polar surface area (TPSA) is 141 Å². The van der Waals surface area contributed by atoms with Crippen LogP contribution in [0.1, 0.15) is 41.4 Å². The van der Waals surface area contributed by atoms with E-state index in [0.29, 0.717) is 5.56 Å². The number of carbonyl (C=O) groups excluding carboxylic acids is 1. The van der Waals surface area contributed by atoms with Crippen LogP contribution in [0.4, 0.5) is 0 Å². The predicted molar refractivity (Wildman–Crippen MR) is 131 cm³/mol. The summed E-state index contributed by atoms with van der Waals surface area (Å²) in [5.41, 5.74) is 1.46. The van der Waals surface area contributed by atoms with E-state index in [2.05, 4.69) is 25.4 Å². The second-order valence-electron chi connectivity index (χ2n) is 7.46. The van der Waals surface area contributed by atoms with Gasteiger partial charge in [0.25, 0.3) is 11.9 Å². The molecule has 0 saturated heterocycles. The molecule has 3 heterocycles. The van der Waals surface area contributed by atoms with Gasteiger partial charge in [-0.25, -0.2) is 14.6 Å². The van der Waals surface area contributed by atoms with E-state index in [0.717, 1.165) is 5.56 Å². The van der Waals surface area contributed by atoms with E-state index in [-0.39, 0.29) is 30.2 Å². The van der Waals surface area contributed by atoms with Gasteiger partial charge < -0.3 is 19.5 Å². The fourth-order valence-corrected chi connectivity index (χ4v) is 4.95. The van der Waals surface area contributed by atoms with Gasteiger partial charge in [-0.3, -0.25) is 9.36 Å². The molecule has 1 aromatic carbocycles. The second kappa shape index (κ2) is 11.2. The lowest BCUT2D eigenvalue weighted by Gasteiger charge is -2.21. The zero-order chi connectivity index (χ0) is 25.5. The number of hydrogen-bond donors (Lipinski definition) is 2. The third-order valence-corrected chi connectivity index (χ3v) is 7.12. The van der Waals surface area contributed by atoms with Crippen molar-refractivity contribution in [2.24, 2.45) is 0 Å². The number of hydrogen-bond acceptors (Lipinski definition) is 9. The molecule has 0 fully saturated rings. The zero-order valence-corrected chi connectivity index (χ0v) is 20.6. The van der Waals surface area contributed by atoms with Crippen LogP contribution in [0.5, 0.6) is 5.88 Å². The first kappa shape index (κ1) is 25.2. The zero-order valence-electron chi connectivity index (χ0n) is 19.7. The molecule has 0 aliphatic carbocycles. The summed E-state index contributed by atoms with van der Waals surface area (Å²) in [5.74, 6) is -0.948. The van der Waals surface area contributed by atoms with Crippen LogP contribution < -0.4 is 10.8 Å². The maximum atomic E-state index is 13.1. The van der Waals surface area contributed by atoms with Gasteiger partial charge in [0, 0.05) is 24.8 Å². The average molecular weight is 508 g/mol. The molecule has 36 heavy (non-hydrogen) atoms. The highest BCUT2D eigenvalue weighted by Gasteiger charge is 2.29. The van der Waals surface area contributed by atoms with E-state index in [4.69, 9.17) is 9.05 Å². The van der Waals surface area contributed by atoms with Crippen LogP contribution in [0.2, 0.25) is 0 Å². The SMILES string of the molecule is CCOP(=O)(OCC)c1ccc(C(NC(=O)c2cnc(-n3cccn3)nc2O)c2ccccc2)cn1. The van der Waals surface area contributed by atoms with Crippen LogP contribution in [0, 0.1) is 0 Å². The molecule has 0 saturated carbocycles. The smallest absolute Gasteiger partial charge is 0.379 e. The van der Waals surface area contributed by atoms with Crippen molar-refractivity contribution in [1.82, 2.24) is 30.0 Å². The first-order valence-electron chi connectivity index (χ1n) is 11.2. The lowest BCUT2D eigenvalue weighted by Crippen LogP contribution is -2.30. The molecule has 11 nitrogen and oxygen atoms in total. The first-order chi connectivity index (χ1) is 17.4. The normalized spacial score (nSPS) is 12.3. The largest absolute Gasteiger partial charge is 0.493 e. The number of amides is 1. The second-order valence-corrected chi connectivity index (χ2v) is 9.43. The Morgan fingerprint density at radius 2 is 1.78 bits per heavy atom. The minimum atomic E-state index is -3.56. The Bertz CT molecular complexity index is 1340. The molecule has 0 radical (unpaired) electrons. The summed E-state index contributed by atoms with van der Waals surface area (Å²) in [7, 11) is -3.56. The Balaban J connectivity index is 1.63. The standard InChI is InChI=1S/C24H25N6O5P/c1-3-34-36(33,35-4-2)20-12-11-18(15-25-20)21(17-9-6-5-7-10-17)28-22(31)19-16-26-24(29-23(19)32)30-14-8-13-27-30/h5-16,21H,3-4H2,1-2H3,(H,28,31)(H,26,29,32). The fraction of sp³-hybridized carbons (Fsp3) is 0.208. The lowest BCUT2D eigenvalue weighted by molar-refractivity contribution is 0.0939. The number of aromatic hydroxyl groups is 1. The van der Waals surface area contributed by atoms with Crippen LogP contribution in [-0.2, 0) is 13.6 Å². The summed E-state index contributed by atoms with van der Waals surface area (Å²) in [6.07, 6.45) is 5.91. The van der Waals surface area contributed by atoms with Gasteiger partial charge in [0.1, 0.15) is 5.56 Å². The number of pyridine rings is 1. The van der Waals surface area contributed by atoms with Crippen molar-refractivity contribution in [3.05, 3.63) is 90.0 Å². The molecule has 0 aliphatic rings. The summed E-state index contributed by atoms with van der Waals surface area (Å²) < 4.78 is 25.2. The summed E-state index contributed by atoms with van der Waals surface area (Å²) in [4.78, 5) is 25.6. The molecule has 0 aliphatic heterocycles. The van der Waals surface area contributed by atoms with Crippen LogP contribution in [-0.4, -0.2) is 49.0 Å². The fourth-order valence-electron chi connectivity index (χ4n) is 3.47. The number of aromatic nitrogens is 5. The van der Waals surface area contributed by atoms with Gasteiger partial charge in [-0.05, 0) is 37.1 Å². The lowest BCUT2D eigenvalue weighted by atomic mass is 10.00. The van der Waals surface area contributed by atoms with Crippen LogP contribution in [0.3, 0.4) is 0 Å². The number of nitrogens with one attached hydrogen (secondary N) is 1. The van der Waals surface area contributed by atoms with Crippen LogP contribution in [0.15, 0.2) is 73.3 Å². The van der Waals surface area contributed by atoms with Gasteiger partial charge in [-0.15, -0.1) is 0 Å². The molecule has 2 N–H and O–H groups in total. The summed E-state index contributed by atoms with van der Waals surface area (Å²) in [6, 6.07) is 13.5. The monoisotopic (exact) mass is 508 g/mol. The van der Waals surface area contributed by atoms with Gasteiger partial charge in [-0.1, -0.05) is 36.4 Å². The third-order valence-electron chi connectivity index (χ3n) is 5.10. The van der Waals surface area contributed by atoms with Crippen molar-refractivity contribution in [2.45, 2.75) is 19.9 Å². The maximum absolute atomic E-state index is 13.1. The number of nitrogens with zero attached hydrogens (tertiary/aromatic N) is 5. The van der Waals surface area contributed by atoms with Crippen LogP contribution in [0.25, 0.3) is 5.95 Å². The van der Waals surface area contributed by atoms with Crippen molar-refractivity contribution in [1.29, 1.82) is 0 Å². The Morgan fingerprint density at radius 1 is 1.03 bits per heavy atom. The molecular formula is C24H25N6O5P. The van der Waals surface area contributed by atoms with E-state index in [1.54, 1.807) is 44.4 Å². The highest BCUT2D eigenvalue weighted by molar-refractivity contribution is 7.61. The van der Waals surface area contributed by atoms with Gasteiger partial charge >= 0.3 is 7.60 Å². The molecule has 1 atom stereocenters. The minimum absolute atomic E-state index is 0.103. The number of carbonyl (C=O) groups is 1. The Hall–Kier alpha value is -3.92. The van der Waals surface area contributed by atoms with Crippen LogP contribution >= 0.6 is 7.60 Å². The van der Waals surface area contributed by atoms with Crippen molar-refractivity contribution < 1.29 is 23.5 Å². The highest BCUT2D eigenvalue weighted by Crippen LogP contribution is 2.46. The minimum Gasteiger partial charge on any atom is -0.493 e. The molecule has 1 unspecified atom stereocenters. The molecule has 0 bridgehead atoms.